The molecule has 1 atom stereocenters. The number of hydrogen-bond donors (Lipinski definition) is 1. The van der Waals surface area contributed by atoms with Crippen LogP contribution < -0.4 is 9.64 Å². The van der Waals surface area contributed by atoms with E-state index in [9.17, 15) is 19.5 Å². The Morgan fingerprint density at radius 3 is 2.38 bits per heavy atom. The number of furan rings is 1. The summed E-state index contributed by atoms with van der Waals surface area (Å²) >= 11 is 0. The van der Waals surface area contributed by atoms with Crippen molar-refractivity contribution < 1.29 is 33.4 Å². The van der Waals surface area contributed by atoms with E-state index >= 15 is 0 Å². The Balaban J connectivity index is 1.83. The molecule has 8 heteroatoms. The van der Waals surface area contributed by atoms with Crippen molar-refractivity contribution in [2.75, 3.05) is 18.6 Å². The van der Waals surface area contributed by atoms with Crippen molar-refractivity contribution in [1.29, 1.82) is 0 Å². The largest absolute Gasteiger partial charge is 0.507 e. The maximum atomic E-state index is 13.1. The number of aryl methyl sites for hydroxylation is 1. The van der Waals surface area contributed by atoms with Crippen molar-refractivity contribution >= 4 is 29.1 Å². The normalized spacial score (nSPS) is 17.1. The second-order valence-corrected chi connectivity index (χ2v) is 7.64. The van der Waals surface area contributed by atoms with Gasteiger partial charge in [0, 0.05) is 11.3 Å². The van der Waals surface area contributed by atoms with Crippen molar-refractivity contribution in [2.24, 2.45) is 0 Å². The number of nitrogens with zero attached hydrogens (tertiary/aromatic N) is 1. The van der Waals surface area contributed by atoms with E-state index in [1.807, 2.05) is 13.8 Å². The molecule has 0 aliphatic carbocycles. The number of aliphatic hydroxyl groups is 1. The average Bonchev–Trinajstić information content (AvgIpc) is 3.46. The van der Waals surface area contributed by atoms with Gasteiger partial charge in [0.05, 0.1) is 31.1 Å². The highest BCUT2D eigenvalue weighted by atomic mass is 16.5. The summed E-state index contributed by atoms with van der Waals surface area (Å²) in [6.07, 6.45) is 1.43. The fraction of sp³-hybridized carbons (Fsp3) is 0.192. The van der Waals surface area contributed by atoms with Gasteiger partial charge < -0.3 is 19.0 Å². The quantitative estimate of drug-likeness (QED) is 0.251. The zero-order valence-corrected chi connectivity index (χ0v) is 18.9. The van der Waals surface area contributed by atoms with Crippen molar-refractivity contribution in [1.82, 2.24) is 0 Å². The Bertz CT molecular complexity index is 1270. The number of hydrogen-bond acceptors (Lipinski definition) is 7. The molecule has 0 bridgehead atoms. The fourth-order valence-corrected chi connectivity index (χ4v) is 3.96. The number of methoxy groups -OCH3 is 1. The number of amides is 1. The minimum Gasteiger partial charge on any atom is -0.507 e. The third-order valence-electron chi connectivity index (χ3n) is 5.57. The molecule has 1 aliphatic rings. The molecule has 174 valence electrons. The lowest BCUT2D eigenvalue weighted by Crippen LogP contribution is -2.29. The van der Waals surface area contributed by atoms with E-state index in [-0.39, 0.29) is 11.3 Å². The third kappa shape index (κ3) is 3.94. The van der Waals surface area contributed by atoms with Crippen LogP contribution in [0.1, 0.15) is 40.2 Å². The van der Waals surface area contributed by atoms with Gasteiger partial charge in [-0.15, -0.1) is 0 Å². The maximum absolute atomic E-state index is 13.1. The fourth-order valence-electron chi connectivity index (χ4n) is 3.96. The molecular weight excluding hydrogens is 438 g/mol. The lowest BCUT2D eigenvalue weighted by molar-refractivity contribution is -0.132. The Labute approximate surface area is 196 Å². The van der Waals surface area contributed by atoms with Crippen LogP contribution >= 0.6 is 0 Å². The SMILES string of the molecule is CCOc1ccc(/C(O)=C2/C(=O)C(=O)N(c3ccc(C(=O)OC)cc3)C2c2ccco2)cc1C. The van der Waals surface area contributed by atoms with Crippen molar-refractivity contribution in [3.8, 4) is 5.75 Å². The first kappa shape index (κ1) is 22.8. The van der Waals surface area contributed by atoms with Gasteiger partial charge in [-0.25, -0.2) is 4.79 Å². The molecule has 2 aromatic carbocycles. The molecule has 4 rings (SSSR count). The van der Waals surface area contributed by atoms with Crippen LogP contribution in [0.4, 0.5) is 5.69 Å². The minimum atomic E-state index is -0.995. The molecule has 0 spiro atoms. The van der Waals surface area contributed by atoms with Gasteiger partial charge in [-0.2, -0.15) is 0 Å². The highest BCUT2D eigenvalue weighted by molar-refractivity contribution is 6.51. The molecule has 1 N–H and O–H groups in total. The molecule has 8 nitrogen and oxygen atoms in total. The molecule has 1 fully saturated rings. The number of anilines is 1. The number of carbonyl (C=O) groups excluding carboxylic acids is 3. The van der Waals surface area contributed by atoms with E-state index in [1.54, 1.807) is 30.3 Å². The van der Waals surface area contributed by atoms with Crippen LogP contribution in [0.25, 0.3) is 5.76 Å². The van der Waals surface area contributed by atoms with E-state index in [4.69, 9.17) is 13.9 Å². The molecule has 34 heavy (non-hydrogen) atoms. The first-order valence-corrected chi connectivity index (χ1v) is 10.6. The molecule has 2 heterocycles. The Kier molecular flexibility index (Phi) is 6.23. The van der Waals surface area contributed by atoms with Crippen molar-refractivity contribution in [3.05, 3.63) is 88.9 Å². The Morgan fingerprint density at radius 1 is 1.09 bits per heavy atom. The molecular formula is C26H23NO7. The molecule has 0 radical (unpaired) electrons. The van der Waals surface area contributed by atoms with Crippen LogP contribution in [0.3, 0.4) is 0 Å². The van der Waals surface area contributed by atoms with E-state index < -0.39 is 23.7 Å². The van der Waals surface area contributed by atoms with E-state index in [0.717, 1.165) is 5.56 Å². The van der Waals surface area contributed by atoms with Crippen LogP contribution in [-0.2, 0) is 14.3 Å². The van der Waals surface area contributed by atoms with Crippen LogP contribution in [-0.4, -0.2) is 36.5 Å². The third-order valence-corrected chi connectivity index (χ3v) is 5.57. The average molecular weight is 461 g/mol. The van der Waals surface area contributed by atoms with Crippen molar-refractivity contribution in [3.63, 3.8) is 0 Å². The first-order valence-electron chi connectivity index (χ1n) is 10.6. The first-order chi connectivity index (χ1) is 16.4. The zero-order chi connectivity index (χ0) is 24.4. The zero-order valence-electron chi connectivity index (χ0n) is 18.9. The predicted molar refractivity (Wildman–Crippen MR) is 124 cm³/mol. The monoisotopic (exact) mass is 461 g/mol. The summed E-state index contributed by atoms with van der Waals surface area (Å²) in [6, 6.07) is 13.4. The number of ether oxygens (including phenoxy) is 2. The molecule has 1 saturated heterocycles. The second kappa shape index (κ2) is 9.27. The summed E-state index contributed by atoms with van der Waals surface area (Å²) < 4.78 is 15.8. The standard InChI is InChI=1S/C26H23NO7/c1-4-33-19-12-9-17(14-15(19)2)23(28)21-22(20-6-5-13-34-20)27(25(30)24(21)29)18-10-7-16(8-11-18)26(31)32-3/h5-14,22,28H,4H2,1-3H3/b23-21-. The lowest BCUT2D eigenvalue weighted by Gasteiger charge is -2.23. The van der Waals surface area contributed by atoms with Gasteiger partial charge in [-0.1, -0.05) is 0 Å². The summed E-state index contributed by atoms with van der Waals surface area (Å²) in [6.45, 7) is 4.19. The number of carbonyl (C=O) groups is 3. The van der Waals surface area contributed by atoms with E-state index in [0.29, 0.717) is 34.9 Å². The summed E-state index contributed by atoms with van der Waals surface area (Å²) in [5.41, 5.74) is 1.70. The van der Waals surface area contributed by atoms with Crippen LogP contribution in [0, 0.1) is 6.92 Å². The second-order valence-electron chi connectivity index (χ2n) is 7.64. The lowest BCUT2D eigenvalue weighted by atomic mass is 9.98. The van der Waals surface area contributed by atoms with Gasteiger partial charge in [-0.3, -0.25) is 14.5 Å². The Morgan fingerprint density at radius 2 is 1.79 bits per heavy atom. The van der Waals surface area contributed by atoms with Crippen molar-refractivity contribution in [2.45, 2.75) is 19.9 Å². The van der Waals surface area contributed by atoms with Crippen LogP contribution in [0.15, 0.2) is 70.9 Å². The number of benzene rings is 2. The van der Waals surface area contributed by atoms with E-state index in [1.165, 1.54) is 42.5 Å². The number of Topliss-reactive ketones (excluding diaryl/α,β-unsaturated/α-hetero) is 1. The molecule has 1 aliphatic heterocycles. The summed E-state index contributed by atoms with van der Waals surface area (Å²) in [4.78, 5) is 39.3. The number of esters is 1. The van der Waals surface area contributed by atoms with Gasteiger partial charge in [0.25, 0.3) is 11.7 Å². The smallest absolute Gasteiger partial charge is 0.337 e. The maximum Gasteiger partial charge on any atom is 0.337 e. The summed E-state index contributed by atoms with van der Waals surface area (Å²) in [5, 5.41) is 11.2. The highest BCUT2D eigenvalue weighted by Gasteiger charge is 2.48. The van der Waals surface area contributed by atoms with Crippen LogP contribution in [0.2, 0.25) is 0 Å². The van der Waals surface area contributed by atoms with Gasteiger partial charge in [-0.05, 0) is 74.0 Å². The highest BCUT2D eigenvalue weighted by Crippen LogP contribution is 2.42. The van der Waals surface area contributed by atoms with Gasteiger partial charge >= 0.3 is 5.97 Å². The predicted octanol–water partition coefficient (Wildman–Crippen LogP) is 4.40. The molecule has 3 aromatic rings. The topological polar surface area (TPSA) is 106 Å². The number of aliphatic hydroxyl groups excluding tert-OH is 1. The van der Waals surface area contributed by atoms with Crippen LogP contribution in [0.5, 0.6) is 5.75 Å². The minimum absolute atomic E-state index is 0.0967. The van der Waals surface area contributed by atoms with Gasteiger partial charge in [0.15, 0.2) is 0 Å². The summed E-state index contributed by atoms with van der Waals surface area (Å²) in [5.74, 6) is -1.55. The van der Waals surface area contributed by atoms with E-state index in [2.05, 4.69) is 0 Å². The molecule has 1 amide bonds. The molecule has 1 aromatic heterocycles. The number of ketones is 1. The molecule has 1 unspecified atom stereocenters. The van der Waals surface area contributed by atoms with Gasteiger partial charge in [0.1, 0.15) is 23.3 Å². The van der Waals surface area contributed by atoms with Gasteiger partial charge in [0.2, 0.25) is 0 Å². The summed E-state index contributed by atoms with van der Waals surface area (Å²) in [7, 11) is 1.27. The number of rotatable bonds is 6. The molecule has 0 saturated carbocycles. The Hall–Kier alpha value is -4.33.